The average Bonchev–Trinajstić information content (AvgIpc) is 2.95. The molecule has 3 heterocycles. The molecule has 6 heteroatoms. The Bertz CT molecular complexity index is 740. The highest BCUT2D eigenvalue weighted by Crippen LogP contribution is 2.40. The molecule has 2 aromatic heterocycles. The van der Waals surface area contributed by atoms with Gasteiger partial charge in [-0.2, -0.15) is 5.10 Å². The second kappa shape index (κ2) is 5.92. The van der Waals surface area contributed by atoms with E-state index < -0.39 is 0 Å². The highest BCUT2D eigenvalue weighted by atomic mass is 15.3. The summed E-state index contributed by atoms with van der Waals surface area (Å²) in [5.41, 5.74) is 2.16. The molecule has 1 aliphatic heterocycles. The van der Waals surface area contributed by atoms with Crippen LogP contribution in [0.2, 0.25) is 0 Å². The Morgan fingerprint density at radius 1 is 1.29 bits per heavy atom. The Kier molecular flexibility index (Phi) is 3.75. The second-order valence-corrected chi connectivity index (χ2v) is 7.10. The summed E-state index contributed by atoms with van der Waals surface area (Å²) < 4.78 is 1.84. The van der Waals surface area contributed by atoms with Crippen molar-refractivity contribution in [2.75, 3.05) is 10.6 Å². The van der Waals surface area contributed by atoms with Crippen LogP contribution < -0.4 is 10.6 Å². The number of rotatable bonds is 2. The standard InChI is InChI=1S/C18H24N6/c1-13-3-7-18(8-4-13)17(20-11-14-5-9-19-10-6-14)21-16-15(22-18)12-24(2)23-16/h5-6,9-10,12-13,22H,3-4,7-8,11H2,1-2H3,(H,20,21,23). The van der Waals surface area contributed by atoms with E-state index in [1.807, 2.05) is 42.5 Å². The summed E-state index contributed by atoms with van der Waals surface area (Å²) in [4.78, 5) is 9.00. The van der Waals surface area contributed by atoms with Crippen molar-refractivity contribution >= 4 is 17.3 Å². The summed E-state index contributed by atoms with van der Waals surface area (Å²) >= 11 is 0. The fraction of sp³-hybridized carbons (Fsp3) is 0.500. The van der Waals surface area contributed by atoms with E-state index in [0.29, 0.717) is 6.54 Å². The first-order valence-electron chi connectivity index (χ1n) is 8.67. The van der Waals surface area contributed by atoms with E-state index in [-0.39, 0.29) is 5.54 Å². The van der Waals surface area contributed by atoms with Gasteiger partial charge < -0.3 is 10.6 Å². The number of anilines is 2. The SMILES string of the molecule is CC1CCC2(CC1)Nc1cn(C)nc1NC2=NCc1ccncc1. The number of fused-ring (bicyclic) bond motifs is 1. The number of aromatic nitrogens is 3. The van der Waals surface area contributed by atoms with Gasteiger partial charge in [0.05, 0.1) is 24.0 Å². The Balaban J connectivity index is 1.66. The molecule has 0 radical (unpaired) electrons. The smallest absolute Gasteiger partial charge is 0.176 e. The van der Waals surface area contributed by atoms with Crippen LogP contribution in [0.3, 0.4) is 0 Å². The first kappa shape index (κ1) is 15.2. The molecule has 2 aromatic rings. The van der Waals surface area contributed by atoms with E-state index in [1.165, 1.54) is 18.4 Å². The quantitative estimate of drug-likeness (QED) is 0.890. The van der Waals surface area contributed by atoms with Gasteiger partial charge >= 0.3 is 0 Å². The van der Waals surface area contributed by atoms with E-state index in [0.717, 1.165) is 36.1 Å². The van der Waals surface area contributed by atoms with E-state index in [1.54, 1.807) is 0 Å². The molecule has 2 aliphatic rings. The largest absolute Gasteiger partial charge is 0.368 e. The topological polar surface area (TPSA) is 67.1 Å². The molecular formula is C18H24N6. The van der Waals surface area contributed by atoms with Crippen molar-refractivity contribution in [1.29, 1.82) is 0 Å². The molecule has 0 atom stereocenters. The summed E-state index contributed by atoms with van der Waals surface area (Å²) in [6.07, 6.45) is 10.3. The normalized spacial score (nSPS) is 27.6. The van der Waals surface area contributed by atoms with E-state index >= 15 is 0 Å². The van der Waals surface area contributed by atoms with Gasteiger partial charge in [0.2, 0.25) is 0 Å². The summed E-state index contributed by atoms with van der Waals surface area (Å²) in [6, 6.07) is 4.03. The van der Waals surface area contributed by atoms with Crippen LogP contribution in [0.4, 0.5) is 11.5 Å². The van der Waals surface area contributed by atoms with Crippen molar-refractivity contribution in [3.8, 4) is 0 Å². The van der Waals surface area contributed by atoms with Crippen molar-refractivity contribution in [2.24, 2.45) is 18.0 Å². The lowest BCUT2D eigenvalue weighted by molar-refractivity contribution is 0.321. The van der Waals surface area contributed by atoms with Gasteiger partial charge in [-0.15, -0.1) is 0 Å². The molecule has 1 aliphatic carbocycles. The molecule has 1 fully saturated rings. The molecule has 0 saturated heterocycles. The Hall–Kier alpha value is -2.37. The lowest BCUT2D eigenvalue weighted by atomic mass is 9.75. The highest BCUT2D eigenvalue weighted by Gasteiger charge is 2.43. The zero-order valence-electron chi connectivity index (χ0n) is 14.3. The van der Waals surface area contributed by atoms with Crippen molar-refractivity contribution in [2.45, 2.75) is 44.7 Å². The molecule has 0 aromatic carbocycles. The molecular weight excluding hydrogens is 300 g/mol. The number of aryl methyl sites for hydroxylation is 1. The number of nitrogens with zero attached hydrogens (tertiary/aromatic N) is 4. The third-order valence-corrected chi connectivity index (χ3v) is 5.19. The maximum Gasteiger partial charge on any atom is 0.176 e. The third kappa shape index (κ3) is 2.77. The zero-order valence-corrected chi connectivity index (χ0v) is 14.3. The van der Waals surface area contributed by atoms with Gasteiger partial charge in [-0.25, -0.2) is 0 Å². The summed E-state index contributed by atoms with van der Waals surface area (Å²) in [5.74, 6) is 2.68. The molecule has 1 saturated carbocycles. The molecule has 6 nitrogen and oxygen atoms in total. The minimum absolute atomic E-state index is 0.0877. The van der Waals surface area contributed by atoms with Gasteiger partial charge in [0.1, 0.15) is 5.84 Å². The zero-order chi connectivity index (χ0) is 16.6. The van der Waals surface area contributed by atoms with Crippen LogP contribution in [0.5, 0.6) is 0 Å². The number of pyridine rings is 1. The van der Waals surface area contributed by atoms with Gasteiger partial charge in [-0.3, -0.25) is 14.7 Å². The van der Waals surface area contributed by atoms with E-state index in [9.17, 15) is 0 Å². The Morgan fingerprint density at radius 3 is 2.79 bits per heavy atom. The number of hydrogen-bond donors (Lipinski definition) is 2. The Morgan fingerprint density at radius 2 is 2.04 bits per heavy atom. The fourth-order valence-corrected chi connectivity index (χ4v) is 3.69. The monoisotopic (exact) mass is 324 g/mol. The number of nitrogens with one attached hydrogen (secondary N) is 2. The van der Waals surface area contributed by atoms with Crippen LogP contribution in [0.25, 0.3) is 0 Å². The number of hydrogen-bond acceptors (Lipinski definition) is 4. The van der Waals surface area contributed by atoms with Gasteiger partial charge in [0.25, 0.3) is 0 Å². The van der Waals surface area contributed by atoms with Crippen LogP contribution in [0, 0.1) is 5.92 Å². The fourth-order valence-electron chi connectivity index (χ4n) is 3.69. The molecule has 0 bridgehead atoms. The first-order chi connectivity index (χ1) is 11.6. The molecule has 126 valence electrons. The van der Waals surface area contributed by atoms with Crippen molar-refractivity contribution in [1.82, 2.24) is 14.8 Å². The first-order valence-corrected chi connectivity index (χ1v) is 8.67. The minimum atomic E-state index is -0.0877. The van der Waals surface area contributed by atoms with Crippen molar-refractivity contribution in [3.63, 3.8) is 0 Å². The maximum absolute atomic E-state index is 4.93. The Labute approximate surface area is 142 Å². The van der Waals surface area contributed by atoms with E-state index in [4.69, 9.17) is 4.99 Å². The van der Waals surface area contributed by atoms with Crippen LogP contribution in [0.15, 0.2) is 35.7 Å². The molecule has 4 rings (SSSR count). The van der Waals surface area contributed by atoms with E-state index in [2.05, 4.69) is 27.6 Å². The van der Waals surface area contributed by atoms with Gasteiger partial charge in [0, 0.05) is 19.4 Å². The van der Waals surface area contributed by atoms with Gasteiger partial charge in [-0.05, 0) is 49.3 Å². The minimum Gasteiger partial charge on any atom is -0.368 e. The van der Waals surface area contributed by atoms with Gasteiger partial charge in [0.15, 0.2) is 5.82 Å². The molecule has 1 spiro atoms. The van der Waals surface area contributed by atoms with Crippen molar-refractivity contribution in [3.05, 3.63) is 36.3 Å². The van der Waals surface area contributed by atoms with Crippen LogP contribution >= 0.6 is 0 Å². The summed E-state index contributed by atoms with van der Waals surface area (Å²) in [7, 11) is 1.95. The summed E-state index contributed by atoms with van der Waals surface area (Å²) in [5, 5.41) is 11.8. The van der Waals surface area contributed by atoms with Crippen molar-refractivity contribution < 1.29 is 0 Å². The van der Waals surface area contributed by atoms with Gasteiger partial charge in [-0.1, -0.05) is 6.92 Å². The maximum atomic E-state index is 4.93. The predicted octanol–water partition coefficient (Wildman–Crippen LogP) is 3.20. The number of amidine groups is 1. The molecule has 0 amide bonds. The predicted molar refractivity (Wildman–Crippen MR) is 96.2 cm³/mol. The third-order valence-electron chi connectivity index (χ3n) is 5.19. The molecule has 0 unspecified atom stereocenters. The second-order valence-electron chi connectivity index (χ2n) is 7.10. The average molecular weight is 324 g/mol. The highest BCUT2D eigenvalue weighted by molar-refractivity contribution is 6.08. The molecule has 2 N–H and O–H groups in total. The number of aliphatic imine (C=N–C) groups is 1. The summed E-state index contributed by atoms with van der Waals surface area (Å²) in [6.45, 7) is 3.00. The lowest BCUT2D eigenvalue weighted by Crippen LogP contribution is -2.54. The van der Waals surface area contributed by atoms with Crippen LogP contribution in [-0.4, -0.2) is 26.1 Å². The molecule has 24 heavy (non-hydrogen) atoms. The lowest BCUT2D eigenvalue weighted by Gasteiger charge is -2.44. The van der Waals surface area contributed by atoms with Crippen LogP contribution in [-0.2, 0) is 13.6 Å². The van der Waals surface area contributed by atoms with Crippen LogP contribution in [0.1, 0.15) is 38.2 Å².